The summed E-state index contributed by atoms with van der Waals surface area (Å²) in [6.45, 7) is 9.62. The Bertz CT molecular complexity index is 1120. The number of carbonyl (C=O) groups excluding carboxylic acids is 2. The molecule has 0 radical (unpaired) electrons. The second-order valence-electron chi connectivity index (χ2n) is 11.3. The van der Waals surface area contributed by atoms with Crippen LogP contribution >= 0.6 is 0 Å². The van der Waals surface area contributed by atoms with Crippen LogP contribution in [0, 0.1) is 16.7 Å². The van der Waals surface area contributed by atoms with Gasteiger partial charge in [0.25, 0.3) is 0 Å². The highest BCUT2D eigenvalue weighted by Crippen LogP contribution is 2.39. The lowest BCUT2D eigenvalue weighted by Gasteiger charge is -2.35. The van der Waals surface area contributed by atoms with Crippen molar-refractivity contribution in [3.8, 4) is 5.75 Å². The van der Waals surface area contributed by atoms with Gasteiger partial charge in [-0.1, -0.05) is 66.2 Å². The summed E-state index contributed by atoms with van der Waals surface area (Å²) in [6, 6.07) is 10.1. The number of rotatable bonds is 11. The highest BCUT2D eigenvalue weighted by Gasteiger charge is 2.58. The Labute approximate surface area is 219 Å². The Hall–Kier alpha value is -2.91. The molecule has 10 heteroatoms. The van der Waals surface area contributed by atoms with Crippen molar-refractivity contribution in [2.75, 3.05) is 13.2 Å². The zero-order valence-corrected chi connectivity index (χ0v) is 22.5. The molecule has 0 bridgehead atoms. The molecule has 0 heterocycles. The van der Waals surface area contributed by atoms with Crippen molar-refractivity contribution in [1.82, 2.24) is 0 Å². The third kappa shape index (κ3) is 8.84. The molecule has 0 aliphatic rings. The Morgan fingerprint density at radius 2 is 1.47 bits per heavy atom. The number of hydrogen-bond donors (Lipinski definition) is 0. The van der Waals surface area contributed by atoms with Crippen molar-refractivity contribution < 1.29 is 45.8 Å². The van der Waals surface area contributed by atoms with Crippen molar-refractivity contribution >= 4 is 22.7 Å². The summed E-state index contributed by atoms with van der Waals surface area (Å²) < 4.78 is 77.1. The number of carbonyl (C=O) groups is 2. The van der Waals surface area contributed by atoms with E-state index in [2.05, 4.69) is 46.3 Å². The third-order valence-corrected chi connectivity index (χ3v) is 6.40. The standard InChI is InChI=1S/C28H35F5O5/c1-7-26(5,6)22(14-25(2,3)4)24(35)37-15-18-8-9-20-13-21(11-10-19(20)12-18)36-16-23(34)38-17-27(29,30)28(31,32)33/h8-13,22H,7,14-17H2,1-6H3. The second kappa shape index (κ2) is 11.9. The van der Waals surface area contributed by atoms with Crippen LogP contribution in [0.15, 0.2) is 36.4 Å². The minimum Gasteiger partial charge on any atom is -0.482 e. The van der Waals surface area contributed by atoms with Crippen LogP contribution < -0.4 is 4.74 Å². The molecule has 0 aliphatic heterocycles. The highest BCUT2D eigenvalue weighted by atomic mass is 19.4. The molecule has 0 spiro atoms. The molecule has 2 aromatic carbocycles. The van der Waals surface area contributed by atoms with Crippen LogP contribution in [0.25, 0.3) is 10.8 Å². The van der Waals surface area contributed by atoms with Gasteiger partial charge in [-0.05, 0) is 51.8 Å². The first-order valence-electron chi connectivity index (χ1n) is 12.3. The van der Waals surface area contributed by atoms with E-state index in [1.54, 1.807) is 24.3 Å². The first-order chi connectivity index (χ1) is 17.3. The Balaban J connectivity index is 1.99. The SMILES string of the molecule is CCC(C)(C)C(CC(C)(C)C)C(=O)OCc1ccc2cc(OCC(=O)OCC(F)(F)C(F)(F)F)ccc2c1. The summed E-state index contributed by atoms with van der Waals surface area (Å²) in [6.07, 6.45) is -4.28. The van der Waals surface area contributed by atoms with Crippen molar-refractivity contribution in [2.45, 2.75) is 73.1 Å². The molecule has 1 unspecified atom stereocenters. The van der Waals surface area contributed by atoms with Gasteiger partial charge in [-0.2, -0.15) is 22.0 Å². The molecular weight excluding hydrogens is 511 g/mol. The van der Waals surface area contributed by atoms with Gasteiger partial charge in [-0.25, -0.2) is 4.79 Å². The lowest BCUT2D eigenvalue weighted by Crippen LogP contribution is -2.41. The quantitative estimate of drug-likeness (QED) is 0.216. The third-order valence-electron chi connectivity index (χ3n) is 6.40. The maximum Gasteiger partial charge on any atom is 0.456 e. The largest absolute Gasteiger partial charge is 0.482 e. The molecule has 212 valence electrons. The zero-order valence-electron chi connectivity index (χ0n) is 22.5. The van der Waals surface area contributed by atoms with Crippen LogP contribution in [0.2, 0.25) is 0 Å². The lowest BCUT2D eigenvalue weighted by molar-refractivity contribution is -0.294. The molecule has 0 amide bonds. The van der Waals surface area contributed by atoms with E-state index in [4.69, 9.17) is 9.47 Å². The van der Waals surface area contributed by atoms with E-state index in [0.29, 0.717) is 11.8 Å². The van der Waals surface area contributed by atoms with E-state index in [1.165, 1.54) is 6.07 Å². The predicted octanol–water partition coefficient (Wildman–Crippen LogP) is 7.49. The van der Waals surface area contributed by atoms with Gasteiger partial charge in [0.1, 0.15) is 12.4 Å². The molecule has 38 heavy (non-hydrogen) atoms. The maximum absolute atomic E-state index is 13.0. The van der Waals surface area contributed by atoms with E-state index in [-0.39, 0.29) is 35.1 Å². The Morgan fingerprint density at radius 3 is 2.05 bits per heavy atom. The number of benzene rings is 2. The molecule has 2 rings (SSSR count). The van der Waals surface area contributed by atoms with Crippen LogP contribution in [0.1, 0.15) is 59.9 Å². The van der Waals surface area contributed by atoms with E-state index in [9.17, 15) is 31.5 Å². The van der Waals surface area contributed by atoms with Crippen molar-refractivity contribution in [1.29, 1.82) is 0 Å². The number of hydrogen-bond acceptors (Lipinski definition) is 5. The summed E-state index contributed by atoms with van der Waals surface area (Å²) >= 11 is 0. The van der Waals surface area contributed by atoms with E-state index >= 15 is 0 Å². The van der Waals surface area contributed by atoms with Crippen LogP contribution in [0.5, 0.6) is 5.75 Å². The van der Waals surface area contributed by atoms with Gasteiger partial charge in [0, 0.05) is 0 Å². The van der Waals surface area contributed by atoms with Gasteiger partial charge in [0.2, 0.25) is 0 Å². The fraction of sp³-hybridized carbons (Fsp3) is 0.571. The first-order valence-corrected chi connectivity index (χ1v) is 12.3. The molecule has 0 fully saturated rings. The fourth-order valence-corrected chi connectivity index (χ4v) is 3.68. The van der Waals surface area contributed by atoms with Gasteiger partial charge in [0.05, 0.1) is 5.92 Å². The number of esters is 2. The number of alkyl halides is 5. The van der Waals surface area contributed by atoms with Crippen LogP contribution in [-0.4, -0.2) is 37.3 Å². The van der Waals surface area contributed by atoms with Crippen LogP contribution in [0.4, 0.5) is 22.0 Å². The topological polar surface area (TPSA) is 61.8 Å². The van der Waals surface area contributed by atoms with Gasteiger partial charge in [-0.3, -0.25) is 4.79 Å². The van der Waals surface area contributed by atoms with E-state index in [1.807, 2.05) is 6.07 Å². The first kappa shape index (κ1) is 31.3. The smallest absolute Gasteiger partial charge is 0.456 e. The van der Waals surface area contributed by atoms with Crippen molar-refractivity contribution in [2.24, 2.45) is 16.7 Å². The Kier molecular flexibility index (Phi) is 9.78. The highest BCUT2D eigenvalue weighted by molar-refractivity contribution is 5.84. The molecular formula is C28H35F5O5. The van der Waals surface area contributed by atoms with E-state index in [0.717, 1.165) is 17.4 Å². The summed E-state index contributed by atoms with van der Waals surface area (Å²) in [5.41, 5.74) is 0.525. The van der Waals surface area contributed by atoms with Gasteiger partial charge < -0.3 is 14.2 Å². The van der Waals surface area contributed by atoms with Crippen LogP contribution in [0.3, 0.4) is 0 Å². The van der Waals surface area contributed by atoms with Crippen molar-refractivity contribution in [3.05, 3.63) is 42.0 Å². The predicted molar refractivity (Wildman–Crippen MR) is 133 cm³/mol. The second-order valence-corrected chi connectivity index (χ2v) is 11.3. The summed E-state index contributed by atoms with van der Waals surface area (Å²) in [4.78, 5) is 24.6. The number of fused-ring (bicyclic) bond motifs is 1. The Morgan fingerprint density at radius 1 is 0.868 bits per heavy atom. The minimum atomic E-state index is -5.82. The minimum absolute atomic E-state index is 0.0380. The number of halogens is 5. The summed E-state index contributed by atoms with van der Waals surface area (Å²) in [5.74, 6) is -6.79. The summed E-state index contributed by atoms with van der Waals surface area (Å²) in [7, 11) is 0. The van der Waals surface area contributed by atoms with Gasteiger partial charge >= 0.3 is 24.0 Å². The lowest BCUT2D eigenvalue weighted by atomic mass is 9.70. The molecule has 0 aromatic heterocycles. The van der Waals surface area contributed by atoms with E-state index < -0.39 is 31.3 Å². The molecule has 1 atom stereocenters. The zero-order chi connectivity index (χ0) is 28.9. The molecule has 0 aliphatic carbocycles. The normalized spacial score (nSPS) is 13.8. The monoisotopic (exact) mass is 546 g/mol. The average Bonchev–Trinajstić information content (AvgIpc) is 2.81. The molecule has 5 nitrogen and oxygen atoms in total. The average molecular weight is 547 g/mol. The summed E-state index contributed by atoms with van der Waals surface area (Å²) in [5, 5.41) is 1.51. The molecule has 0 saturated heterocycles. The molecule has 0 N–H and O–H groups in total. The fourth-order valence-electron chi connectivity index (χ4n) is 3.68. The van der Waals surface area contributed by atoms with Crippen molar-refractivity contribution in [3.63, 3.8) is 0 Å². The number of ether oxygens (including phenoxy) is 3. The maximum atomic E-state index is 13.0. The molecule has 0 saturated carbocycles. The van der Waals surface area contributed by atoms with Gasteiger partial charge in [-0.15, -0.1) is 0 Å². The molecule has 2 aromatic rings. The van der Waals surface area contributed by atoms with Gasteiger partial charge in [0.15, 0.2) is 13.2 Å². The van der Waals surface area contributed by atoms with Crippen LogP contribution in [-0.2, 0) is 25.7 Å².